The van der Waals surface area contributed by atoms with Crippen molar-refractivity contribution in [3.05, 3.63) is 53.6 Å². The molecule has 0 aliphatic heterocycles. The van der Waals surface area contributed by atoms with Crippen LogP contribution in [0.4, 0.5) is 13.2 Å². The molecule has 1 N–H and O–H groups in total. The van der Waals surface area contributed by atoms with Crippen LogP contribution in [-0.2, 0) is 6.61 Å². The van der Waals surface area contributed by atoms with Crippen molar-refractivity contribution < 1.29 is 32.5 Å². The molecule has 0 atom stereocenters. The number of carbonyl (C=O) groups is 1. The predicted octanol–water partition coefficient (Wildman–Crippen LogP) is 3.68. The number of alkyl halides is 3. The molecule has 0 radical (unpaired) electrons. The van der Waals surface area contributed by atoms with E-state index in [1.807, 2.05) is 0 Å². The number of rotatable bonds is 5. The van der Waals surface area contributed by atoms with Crippen LogP contribution < -0.4 is 9.47 Å². The molecule has 0 aromatic heterocycles. The third-order valence-corrected chi connectivity index (χ3v) is 2.65. The average Bonchev–Trinajstić information content (AvgIpc) is 2.45. The molecule has 0 unspecified atom stereocenters. The van der Waals surface area contributed by atoms with E-state index in [0.717, 1.165) is 12.1 Å². The number of carbonyl (C=O) groups excluding carboxylic acids is 1. The molecule has 22 heavy (non-hydrogen) atoms. The summed E-state index contributed by atoms with van der Waals surface area (Å²) in [4.78, 5) is 10.7. The van der Waals surface area contributed by atoms with Crippen LogP contribution in [0.5, 0.6) is 17.2 Å². The predicted molar refractivity (Wildman–Crippen MR) is 71.0 cm³/mol. The maximum atomic E-state index is 12.4. The SMILES string of the molecule is O=Cc1cc(O)c(OCc2ccccc2)c(OC(F)(F)F)c1. The molecular weight excluding hydrogens is 301 g/mol. The molecule has 0 saturated heterocycles. The first-order chi connectivity index (χ1) is 10.4. The Kier molecular flexibility index (Phi) is 4.55. The van der Waals surface area contributed by atoms with Gasteiger partial charge in [0.25, 0.3) is 0 Å². The summed E-state index contributed by atoms with van der Waals surface area (Å²) in [7, 11) is 0. The Morgan fingerprint density at radius 1 is 1.14 bits per heavy atom. The van der Waals surface area contributed by atoms with E-state index >= 15 is 0 Å². The molecule has 4 nitrogen and oxygen atoms in total. The summed E-state index contributed by atoms with van der Waals surface area (Å²) in [5.74, 6) is -1.86. The maximum absolute atomic E-state index is 12.4. The van der Waals surface area contributed by atoms with Crippen molar-refractivity contribution in [3.63, 3.8) is 0 Å². The van der Waals surface area contributed by atoms with E-state index in [9.17, 15) is 23.1 Å². The van der Waals surface area contributed by atoms with Crippen LogP contribution in [0.1, 0.15) is 15.9 Å². The van der Waals surface area contributed by atoms with Gasteiger partial charge in [0, 0.05) is 5.56 Å². The minimum atomic E-state index is -4.97. The van der Waals surface area contributed by atoms with Gasteiger partial charge in [-0.15, -0.1) is 13.2 Å². The monoisotopic (exact) mass is 312 g/mol. The lowest BCUT2D eigenvalue weighted by Crippen LogP contribution is -2.18. The van der Waals surface area contributed by atoms with Gasteiger partial charge < -0.3 is 14.6 Å². The van der Waals surface area contributed by atoms with Crippen molar-refractivity contribution in [1.29, 1.82) is 0 Å². The molecule has 2 rings (SSSR count). The van der Waals surface area contributed by atoms with Crippen molar-refractivity contribution in [2.45, 2.75) is 13.0 Å². The molecule has 7 heteroatoms. The van der Waals surface area contributed by atoms with Crippen LogP contribution in [0.25, 0.3) is 0 Å². The molecule has 2 aromatic rings. The van der Waals surface area contributed by atoms with Crippen molar-refractivity contribution >= 4 is 6.29 Å². The summed E-state index contributed by atoms with van der Waals surface area (Å²) in [5, 5.41) is 9.75. The maximum Gasteiger partial charge on any atom is 0.573 e. The number of benzene rings is 2. The number of aromatic hydroxyl groups is 1. The molecule has 0 aliphatic carbocycles. The molecular formula is C15H11F3O4. The summed E-state index contributed by atoms with van der Waals surface area (Å²) in [6.45, 7) is -0.0664. The number of aldehydes is 1. The molecule has 0 bridgehead atoms. The highest BCUT2D eigenvalue weighted by atomic mass is 19.4. The van der Waals surface area contributed by atoms with Crippen molar-refractivity contribution in [1.82, 2.24) is 0 Å². The third-order valence-electron chi connectivity index (χ3n) is 2.65. The van der Waals surface area contributed by atoms with E-state index in [-0.39, 0.29) is 12.2 Å². The molecule has 0 spiro atoms. The topological polar surface area (TPSA) is 55.8 Å². The summed E-state index contributed by atoms with van der Waals surface area (Å²) >= 11 is 0. The highest BCUT2D eigenvalue weighted by Crippen LogP contribution is 2.40. The van der Waals surface area contributed by atoms with Gasteiger partial charge in [0.15, 0.2) is 11.5 Å². The smallest absolute Gasteiger partial charge is 0.504 e. The lowest BCUT2D eigenvalue weighted by Gasteiger charge is -2.15. The van der Waals surface area contributed by atoms with Gasteiger partial charge in [-0.05, 0) is 17.7 Å². The van der Waals surface area contributed by atoms with Gasteiger partial charge in [-0.3, -0.25) is 4.79 Å². The Balaban J connectivity index is 2.29. The molecule has 2 aromatic carbocycles. The van der Waals surface area contributed by atoms with Gasteiger partial charge in [0.2, 0.25) is 5.75 Å². The van der Waals surface area contributed by atoms with Crippen LogP contribution in [0, 0.1) is 0 Å². The van der Waals surface area contributed by atoms with E-state index in [0.29, 0.717) is 11.8 Å². The van der Waals surface area contributed by atoms with Crippen molar-refractivity contribution in [2.24, 2.45) is 0 Å². The first kappa shape index (κ1) is 15.7. The van der Waals surface area contributed by atoms with Gasteiger partial charge >= 0.3 is 6.36 Å². The largest absolute Gasteiger partial charge is 0.573 e. The molecule has 0 amide bonds. The van der Waals surface area contributed by atoms with Crippen LogP contribution in [-0.4, -0.2) is 17.8 Å². The van der Waals surface area contributed by atoms with Gasteiger partial charge in [0.1, 0.15) is 12.9 Å². The zero-order chi connectivity index (χ0) is 16.2. The molecule has 0 fully saturated rings. The lowest BCUT2D eigenvalue weighted by molar-refractivity contribution is -0.275. The Bertz CT molecular complexity index is 654. The van der Waals surface area contributed by atoms with E-state index < -0.39 is 23.6 Å². The van der Waals surface area contributed by atoms with Crippen LogP contribution in [0.2, 0.25) is 0 Å². The fourth-order valence-corrected chi connectivity index (χ4v) is 1.75. The Morgan fingerprint density at radius 3 is 2.41 bits per heavy atom. The number of phenols is 1. The fraction of sp³-hybridized carbons (Fsp3) is 0.133. The van der Waals surface area contributed by atoms with E-state index in [1.165, 1.54) is 0 Å². The van der Waals surface area contributed by atoms with Crippen LogP contribution >= 0.6 is 0 Å². The number of hydrogen-bond acceptors (Lipinski definition) is 4. The standard InChI is InChI=1S/C15H11F3O4/c16-15(17,18)22-13-7-11(8-19)6-12(20)14(13)21-9-10-4-2-1-3-5-10/h1-8,20H,9H2. The second kappa shape index (κ2) is 6.38. The second-order valence-electron chi connectivity index (χ2n) is 4.31. The summed E-state index contributed by atoms with van der Waals surface area (Å²) in [6.07, 6.45) is -4.68. The first-order valence-electron chi connectivity index (χ1n) is 6.13. The number of hydrogen-bond donors (Lipinski definition) is 1. The Hall–Kier alpha value is -2.70. The van der Waals surface area contributed by atoms with E-state index in [4.69, 9.17) is 4.74 Å². The zero-order valence-corrected chi connectivity index (χ0v) is 11.1. The average molecular weight is 312 g/mol. The highest BCUT2D eigenvalue weighted by molar-refractivity contribution is 5.78. The lowest BCUT2D eigenvalue weighted by atomic mass is 10.2. The Labute approximate surface area is 123 Å². The molecule has 0 heterocycles. The van der Waals surface area contributed by atoms with E-state index in [1.54, 1.807) is 30.3 Å². The summed E-state index contributed by atoms with van der Waals surface area (Å²) < 4.78 is 46.2. The van der Waals surface area contributed by atoms with Gasteiger partial charge in [-0.1, -0.05) is 30.3 Å². The van der Waals surface area contributed by atoms with Crippen LogP contribution in [0.15, 0.2) is 42.5 Å². The molecule has 116 valence electrons. The van der Waals surface area contributed by atoms with Crippen molar-refractivity contribution in [3.8, 4) is 17.2 Å². The quantitative estimate of drug-likeness (QED) is 0.856. The highest BCUT2D eigenvalue weighted by Gasteiger charge is 2.33. The van der Waals surface area contributed by atoms with Crippen LogP contribution in [0.3, 0.4) is 0 Å². The van der Waals surface area contributed by atoms with Gasteiger partial charge in [-0.25, -0.2) is 0 Å². The fourth-order valence-electron chi connectivity index (χ4n) is 1.75. The zero-order valence-electron chi connectivity index (χ0n) is 11.1. The third kappa shape index (κ3) is 4.15. The van der Waals surface area contributed by atoms with Gasteiger partial charge in [0.05, 0.1) is 0 Å². The normalized spacial score (nSPS) is 11.0. The minimum Gasteiger partial charge on any atom is -0.504 e. The summed E-state index contributed by atoms with van der Waals surface area (Å²) in [5.41, 5.74) is 0.531. The molecule has 0 saturated carbocycles. The second-order valence-corrected chi connectivity index (χ2v) is 4.31. The van der Waals surface area contributed by atoms with Crippen molar-refractivity contribution in [2.75, 3.05) is 0 Å². The molecule has 0 aliphatic rings. The number of phenolic OH excluding ortho intramolecular Hbond substituents is 1. The Morgan fingerprint density at radius 2 is 1.82 bits per heavy atom. The number of halogens is 3. The first-order valence-corrected chi connectivity index (χ1v) is 6.13. The number of ether oxygens (including phenoxy) is 2. The minimum absolute atomic E-state index is 0.0664. The van der Waals surface area contributed by atoms with E-state index in [2.05, 4.69) is 4.74 Å². The van der Waals surface area contributed by atoms with Gasteiger partial charge in [-0.2, -0.15) is 0 Å². The summed E-state index contributed by atoms with van der Waals surface area (Å²) in [6, 6.07) is 10.5.